The Hall–Kier alpha value is -4.27. The largest absolute Gasteiger partial charge is 0.416 e. The van der Waals surface area contributed by atoms with E-state index in [2.05, 4.69) is 37.4 Å². The zero-order valence-electron chi connectivity index (χ0n) is 20.6. The molecule has 1 aliphatic heterocycles. The third-order valence-electron chi connectivity index (χ3n) is 5.81. The van der Waals surface area contributed by atoms with E-state index in [1.165, 1.54) is 42.9 Å². The number of H-pyrrole nitrogens is 1. The Labute approximate surface area is 217 Å². The first kappa shape index (κ1) is 26.8. The van der Waals surface area contributed by atoms with Crippen LogP contribution in [-0.2, 0) is 12.7 Å². The van der Waals surface area contributed by atoms with E-state index < -0.39 is 17.6 Å². The number of nitrogens with one attached hydrogen (secondary N) is 4. The number of carbonyl (C=O) groups is 1. The molecule has 1 amide bonds. The van der Waals surface area contributed by atoms with Gasteiger partial charge in [-0.1, -0.05) is 12.0 Å². The summed E-state index contributed by atoms with van der Waals surface area (Å²) in [5.74, 6) is 5.69. The number of hydrogen-bond donors (Lipinski definition) is 4. The highest BCUT2D eigenvalue weighted by Crippen LogP contribution is 2.34. The Morgan fingerprint density at radius 2 is 2.11 bits per heavy atom. The zero-order chi connectivity index (χ0) is 27.1. The van der Waals surface area contributed by atoms with Gasteiger partial charge in [0.25, 0.3) is 5.91 Å². The van der Waals surface area contributed by atoms with Crippen LogP contribution < -0.4 is 10.6 Å². The van der Waals surface area contributed by atoms with Crippen LogP contribution in [0, 0.1) is 17.3 Å². The van der Waals surface area contributed by atoms with Crippen LogP contribution >= 0.6 is 0 Å². The van der Waals surface area contributed by atoms with Gasteiger partial charge in [0.2, 0.25) is 0 Å². The molecular formula is C27H26F3N7O. The number of hydrogen-bond acceptors (Lipinski definition) is 6. The van der Waals surface area contributed by atoms with E-state index in [1.807, 2.05) is 11.8 Å². The van der Waals surface area contributed by atoms with Gasteiger partial charge in [-0.05, 0) is 48.8 Å². The Balaban J connectivity index is 1.48. The van der Waals surface area contributed by atoms with Crippen LogP contribution in [0.5, 0.6) is 0 Å². The predicted octanol–water partition coefficient (Wildman–Crippen LogP) is 3.93. The van der Waals surface area contributed by atoms with Gasteiger partial charge in [0, 0.05) is 62.1 Å². The summed E-state index contributed by atoms with van der Waals surface area (Å²) in [4.78, 5) is 25.9. The van der Waals surface area contributed by atoms with Gasteiger partial charge in [-0.3, -0.25) is 14.7 Å². The van der Waals surface area contributed by atoms with Crippen molar-refractivity contribution in [2.45, 2.75) is 25.7 Å². The number of imidazole rings is 1. The lowest BCUT2D eigenvalue weighted by molar-refractivity contribution is -0.138. The maximum absolute atomic E-state index is 13.9. The molecule has 2 aromatic heterocycles. The molecule has 4 N–H and O–H groups in total. The normalized spacial score (nSPS) is 16.2. The van der Waals surface area contributed by atoms with Crippen molar-refractivity contribution in [1.82, 2.24) is 25.2 Å². The fraction of sp³-hybridized carbons (Fsp3) is 0.259. The third-order valence-corrected chi connectivity index (χ3v) is 5.81. The summed E-state index contributed by atoms with van der Waals surface area (Å²) >= 11 is 0. The molecule has 0 radical (unpaired) electrons. The molecule has 1 unspecified atom stereocenters. The molecule has 11 heteroatoms. The summed E-state index contributed by atoms with van der Waals surface area (Å²) in [6.07, 6.45) is 4.03. The van der Waals surface area contributed by atoms with E-state index in [4.69, 9.17) is 5.41 Å². The first-order valence-electron chi connectivity index (χ1n) is 11.9. The third kappa shape index (κ3) is 7.15. The molecule has 0 spiro atoms. The maximum Gasteiger partial charge on any atom is 0.416 e. The molecule has 1 fully saturated rings. The summed E-state index contributed by atoms with van der Waals surface area (Å²) in [5.41, 5.74) is 0.565. The van der Waals surface area contributed by atoms with E-state index >= 15 is 0 Å². The van der Waals surface area contributed by atoms with Gasteiger partial charge in [0.1, 0.15) is 11.5 Å². The number of carbonyl (C=O) groups excluding carboxylic acids is 1. The van der Waals surface area contributed by atoms with Crippen molar-refractivity contribution in [3.8, 4) is 11.8 Å². The molecule has 1 saturated heterocycles. The number of alkyl halides is 3. The summed E-state index contributed by atoms with van der Waals surface area (Å²) in [7, 11) is 0. The highest BCUT2D eigenvalue weighted by atomic mass is 19.4. The predicted molar refractivity (Wildman–Crippen MR) is 139 cm³/mol. The first-order valence-corrected chi connectivity index (χ1v) is 11.9. The number of halogens is 3. The second-order valence-corrected chi connectivity index (χ2v) is 8.83. The minimum absolute atomic E-state index is 0.0409. The van der Waals surface area contributed by atoms with Crippen LogP contribution in [0.1, 0.15) is 45.5 Å². The maximum atomic E-state index is 13.9. The number of piperazine rings is 1. The molecule has 3 heterocycles. The van der Waals surface area contributed by atoms with Crippen molar-refractivity contribution in [2.24, 2.45) is 0 Å². The number of benzene rings is 1. The van der Waals surface area contributed by atoms with Crippen molar-refractivity contribution in [1.29, 1.82) is 5.41 Å². The van der Waals surface area contributed by atoms with Crippen LogP contribution in [0.15, 0.2) is 48.9 Å². The topological polar surface area (TPSA) is 110 Å². The minimum Gasteiger partial charge on any atom is -0.332 e. The van der Waals surface area contributed by atoms with E-state index in [-0.39, 0.29) is 29.4 Å². The average molecular weight is 522 g/mol. The fourth-order valence-corrected chi connectivity index (χ4v) is 4.05. The summed E-state index contributed by atoms with van der Waals surface area (Å²) in [5, 5.41) is 12.8. The Kier molecular flexibility index (Phi) is 8.35. The van der Waals surface area contributed by atoms with Crippen LogP contribution in [0.2, 0.25) is 0 Å². The average Bonchev–Trinajstić information content (AvgIpc) is 3.34. The number of pyridine rings is 1. The number of amides is 1. The Morgan fingerprint density at radius 3 is 2.87 bits per heavy atom. The van der Waals surface area contributed by atoms with E-state index in [9.17, 15) is 18.0 Å². The lowest BCUT2D eigenvalue weighted by Gasteiger charge is -2.32. The van der Waals surface area contributed by atoms with Crippen molar-refractivity contribution < 1.29 is 18.0 Å². The second kappa shape index (κ2) is 11.9. The summed E-state index contributed by atoms with van der Waals surface area (Å²) < 4.78 is 41.6. The Bertz CT molecular complexity index is 1400. The second-order valence-electron chi connectivity index (χ2n) is 8.83. The summed E-state index contributed by atoms with van der Waals surface area (Å²) in [6.45, 7) is 4.22. The molecule has 196 valence electrons. The van der Waals surface area contributed by atoms with Gasteiger partial charge in [-0.15, -0.1) is 0 Å². The lowest BCUT2D eigenvalue weighted by Crippen LogP contribution is -2.48. The minimum atomic E-state index is -4.56. The quantitative estimate of drug-likeness (QED) is 0.290. The van der Waals surface area contributed by atoms with Gasteiger partial charge in [-0.2, -0.15) is 13.2 Å². The molecule has 4 rings (SSSR count). The smallest absolute Gasteiger partial charge is 0.332 e. The molecule has 0 aliphatic carbocycles. The molecule has 38 heavy (non-hydrogen) atoms. The van der Waals surface area contributed by atoms with Crippen molar-refractivity contribution in [3.05, 3.63) is 82.7 Å². The van der Waals surface area contributed by atoms with E-state index in [0.29, 0.717) is 30.2 Å². The first-order chi connectivity index (χ1) is 18.2. The molecule has 0 bridgehead atoms. The van der Waals surface area contributed by atoms with Crippen molar-refractivity contribution in [3.63, 3.8) is 0 Å². The van der Waals surface area contributed by atoms with Gasteiger partial charge in [-0.25, -0.2) is 4.98 Å². The molecule has 1 aliphatic rings. The number of aromatic nitrogens is 3. The van der Waals surface area contributed by atoms with E-state index in [1.54, 1.807) is 6.08 Å². The monoisotopic (exact) mass is 521 g/mol. The van der Waals surface area contributed by atoms with Gasteiger partial charge >= 0.3 is 6.18 Å². The number of allylic oxidation sites excluding steroid dienone is 1. The molecule has 3 aromatic rings. The molecular weight excluding hydrogens is 495 g/mol. The number of nitrogens with zero attached hydrogens (tertiary/aromatic N) is 3. The fourth-order valence-electron chi connectivity index (χ4n) is 4.05. The zero-order valence-corrected chi connectivity index (χ0v) is 20.6. The number of rotatable bonds is 6. The van der Waals surface area contributed by atoms with Crippen molar-refractivity contribution in [2.75, 3.05) is 25.0 Å². The van der Waals surface area contributed by atoms with Gasteiger partial charge in [0.05, 0.1) is 17.3 Å². The van der Waals surface area contributed by atoms with Gasteiger partial charge < -0.3 is 21.0 Å². The molecule has 1 atom stereocenters. The standard InChI is InChI=1S/C27H26F3N7O/c1-18-16-37(10-9-33-18)17-20-5-7-22(12-24(20)27(28,29)30)36-26(38)21-11-19(13-32-14-21)4-6-23-15-34-25(35-23)3-2-8-31/h2-3,5,7-8,11-15,18,31,33H,9-10,16-17H2,1H3,(H,34,35)(H,36,38)/b3-2-,31-8?. The lowest BCUT2D eigenvalue weighted by atomic mass is 10.0. The van der Waals surface area contributed by atoms with Crippen LogP contribution in [0.25, 0.3) is 6.08 Å². The molecule has 8 nitrogen and oxygen atoms in total. The van der Waals surface area contributed by atoms with E-state index in [0.717, 1.165) is 18.8 Å². The highest BCUT2D eigenvalue weighted by Gasteiger charge is 2.34. The van der Waals surface area contributed by atoms with Crippen LogP contribution in [0.4, 0.5) is 18.9 Å². The SMILES string of the molecule is CC1CN(Cc2ccc(NC(=O)c3cncc(C#Cc4cnc(/C=C\C=N)[nH]4)c3)cc2C(F)(F)F)CCN1. The molecule has 1 aromatic carbocycles. The van der Waals surface area contributed by atoms with Crippen molar-refractivity contribution >= 4 is 23.9 Å². The van der Waals surface area contributed by atoms with Crippen LogP contribution in [-0.4, -0.2) is 57.6 Å². The highest BCUT2D eigenvalue weighted by molar-refractivity contribution is 6.04. The molecule has 0 saturated carbocycles. The number of anilines is 1. The Morgan fingerprint density at radius 1 is 1.26 bits per heavy atom. The summed E-state index contributed by atoms with van der Waals surface area (Å²) in [6, 6.07) is 5.58. The number of aromatic amines is 1. The van der Waals surface area contributed by atoms with Gasteiger partial charge in [0.15, 0.2) is 0 Å². The van der Waals surface area contributed by atoms with Crippen LogP contribution in [0.3, 0.4) is 0 Å².